The van der Waals surface area contributed by atoms with E-state index in [4.69, 9.17) is 0 Å². The largest absolute Gasteiger partial charge is 0.323 e. The summed E-state index contributed by atoms with van der Waals surface area (Å²) < 4.78 is 1.83. The fourth-order valence-electron chi connectivity index (χ4n) is 2.15. The number of anilines is 1. The van der Waals surface area contributed by atoms with E-state index in [0.717, 1.165) is 12.8 Å². The number of hydrogen-bond donors (Lipinski definition) is 2. The van der Waals surface area contributed by atoms with Crippen molar-refractivity contribution >= 4 is 23.4 Å². The van der Waals surface area contributed by atoms with E-state index in [2.05, 4.69) is 15.7 Å². The molecule has 0 radical (unpaired) electrons. The summed E-state index contributed by atoms with van der Waals surface area (Å²) in [7, 11) is 0. The first kappa shape index (κ1) is 11.9. The van der Waals surface area contributed by atoms with Crippen LogP contribution in [-0.4, -0.2) is 27.5 Å². The Labute approximate surface area is 109 Å². The number of carbonyl (C=O) groups is 3. The summed E-state index contributed by atoms with van der Waals surface area (Å²) in [6, 6.07) is 0.462. The molecule has 2 heterocycles. The SMILES string of the molecule is O=C1CC(CC(=O)Nc2cnn(C3CC3)c2)C(=O)N1. The molecule has 3 rings (SSSR count). The van der Waals surface area contributed by atoms with Crippen LogP contribution in [0.15, 0.2) is 12.4 Å². The second-order valence-electron chi connectivity index (χ2n) is 5.01. The molecule has 2 fully saturated rings. The highest BCUT2D eigenvalue weighted by Gasteiger charge is 2.32. The average Bonchev–Trinajstić information content (AvgIpc) is 3.01. The van der Waals surface area contributed by atoms with Gasteiger partial charge >= 0.3 is 0 Å². The predicted molar refractivity (Wildman–Crippen MR) is 65.0 cm³/mol. The fourth-order valence-corrected chi connectivity index (χ4v) is 2.15. The average molecular weight is 262 g/mol. The molecule has 0 spiro atoms. The lowest BCUT2D eigenvalue weighted by molar-refractivity contribution is -0.127. The molecule has 1 atom stereocenters. The van der Waals surface area contributed by atoms with E-state index in [1.165, 1.54) is 0 Å². The number of amides is 3. The first-order chi connectivity index (χ1) is 9.11. The van der Waals surface area contributed by atoms with Crippen molar-refractivity contribution in [2.75, 3.05) is 5.32 Å². The Balaban J connectivity index is 1.55. The summed E-state index contributed by atoms with van der Waals surface area (Å²) in [5.41, 5.74) is 0.627. The summed E-state index contributed by atoms with van der Waals surface area (Å²) in [5, 5.41) is 9.04. The second-order valence-corrected chi connectivity index (χ2v) is 5.01. The minimum atomic E-state index is -0.550. The number of carbonyl (C=O) groups excluding carboxylic acids is 3. The number of nitrogens with one attached hydrogen (secondary N) is 2. The molecule has 0 aromatic carbocycles. The van der Waals surface area contributed by atoms with Crippen LogP contribution in [0.5, 0.6) is 0 Å². The van der Waals surface area contributed by atoms with Crippen molar-refractivity contribution < 1.29 is 14.4 Å². The van der Waals surface area contributed by atoms with Crippen LogP contribution in [0.3, 0.4) is 0 Å². The minimum Gasteiger partial charge on any atom is -0.323 e. The minimum absolute atomic E-state index is 0.0200. The highest BCUT2D eigenvalue weighted by atomic mass is 16.2. The van der Waals surface area contributed by atoms with E-state index in [9.17, 15) is 14.4 Å². The maximum atomic E-state index is 11.8. The number of rotatable bonds is 4. The van der Waals surface area contributed by atoms with Gasteiger partial charge in [-0.15, -0.1) is 0 Å². The monoisotopic (exact) mass is 262 g/mol. The zero-order valence-corrected chi connectivity index (χ0v) is 10.3. The molecule has 100 valence electrons. The molecule has 1 saturated heterocycles. The van der Waals surface area contributed by atoms with Gasteiger partial charge in [0.2, 0.25) is 17.7 Å². The smallest absolute Gasteiger partial charge is 0.230 e. The summed E-state index contributed by atoms with van der Waals surface area (Å²) in [5.74, 6) is -1.51. The van der Waals surface area contributed by atoms with Crippen LogP contribution < -0.4 is 10.6 Å². The van der Waals surface area contributed by atoms with E-state index in [1.54, 1.807) is 12.4 Å². The maximum Gasteiger partial charge on any atom is 0.230 e. The van der Waals surface area contributed by atoms with Crippen LogP contribution >= 0.6 is 0 Å². The lowest BCUT2D eigenvalue weighted by Gasteiger charge is -2.05. The highest BCUT2D eigenvalue weighted by Crippen LogP contribution is 2.34. The standard InChI is InChI=1S/C12H14N4O3/c17-10(3-7-4-11(18)15-12(7)19)14-8-5-13-16(6-8)9-1-2-9/h5-7,9H,1-4H2,(H,14,17)(H,15,18,19). The molecule has 3 amide bonds. The molecule has 7 nitrogen and oxygen atoms in total. The molecule has 1 saturated carbocycles. The molecule has 19 heavy (non-hydrogen) atoms. The number of hydrogen-bond acceptors (Lipinski definition) is 4. The Morgan fingerprint density at radius 2 is 2.26 bits per heavy atom. The van der Waals surface area contributed by atoms with Gasteiger partial charge in [-0.3, -0.25) is 24.4 Å². The van der Waals surface area contributed by atoms with Crippen molar-refractivity contribution in [2.24, 2.45) is 5.92 Å². The van der Waals surface area contributed by atoms with Crippen LogP contribution in [-0.2, 0) is 14.4 Å². The van der Waals surface area contributed by atoms with Crippen molar-refractivity contribution in [1.82, 2.24) is 15.1 Å². The molecule has 7 heteroatoms. The second kappa shape index (κ2) is 4.49. The summed E-state index contributed by atoms with van der Waals surface area (Å²) in [6.45, 7) is 0. The van der Waals surface area contributed by atoms with Crippen LogP contribution in [0.25, 0.3) is 0 Å². The third-order valence-electron chi connectivity index (χ3n) is 3.30. The quantitative estimate of drug-likeness (QED) is 0.758. The van der Waals surface area contributed by atoms with Crippen molar-refractivity contribution in [2.45, 2.75) is 31.7 Å². The van der Waals surface area contributed by atoms with Crippen molar-refractivity contribution in [1.29, 1.82) is 0 Å². The van der Waals surface area contributed by atoms with Gasteiger partial charge in [0.1, 0.15) is 0 Å². The molecule has 0 bridgehead atoms. The van der Waals surface area contributed by atoms with Gasteiger partial charge in [0.05, 0.1) is 23.8 Å². The van der Waals surface area contributed by atoms with E-state index in [-0.39, 0.29) is 30.6 Å². The highest BCUT2D eigenvalue weighted by molar-refractivity contribution is 6.05. The zero-order chi connectivity index (χ0) is 13.4. The molecule has 1 aromatic rings. The zero-order valence-electron chi connectivity index (χ0n) is 10.3. The van der Waals surface area contributed by atoms with Gasteiger partial charge in [-0.2, -0.15) is 5.10 Å². The summed E-state index contributed by atoms with van der Waals surface area (Å²) in [4.78, 5) is 34.1. The fraction of sp³-hybridized carbons (Fsp3) is 0.500. The van der Waals surface area contributed by atoms with E-state index < -0.39 is 5.92 Å². The summed E-state index contributed by atoms with van der Waals surface area (Å²) in [6.07, 6.45) is 5.74. The molecule has 1 aliphatic heterocycles. The first-order valence-corrected chi connectivity index (χ1v) is 6.29. The van der Waals surface area contributed by atoms with Gasteiger partial charge in [0.15, 0.2) is 0 Å². The molecule has 2 N–H and O–H groups in total. The van der Waals surface area contributed by atoms with Crippen molar-refractivity contribution in [3.8, 4) is 0 Å². The lowest BCUT2D eigenvalue weighted by atomic mass is 10.0. The third-order valence-corrected chi connectivity index (χ3v) is 3.30. The Kier molecular flexibility index (Phi) is 2.81. The molecule has 2 aliphatic rings. The Bertz CT molecular complexity index is 547. The number of nitrogens with zero attached hydrogens (tertiary/aromatic N) is 2. The topological polar surface area (TPSA) is 93.1 Å². The number of imide groups is 1. The van der Waals surface area contributed by atoms with E-state index >= 15 is 0 Å². The van der Waals surface area contributed by atoms with Gasteiger partial charge in [-0.25, -0.2) is 0 Å². The van der Waals surface area contributed by atoms with Crippen LogP contribution in [0, 0.1) is 5.92 Å². The normalized spacial score (nSPS) is 22.4. The van der Waals surface area contributed by atoms with E-state index in [1.807, 2.05) is 4.68 Å². The Morgan fingerprint density at radius 1 is 1.47 bits per heavy atom. The summed E-state index contributed by atoms with van der Waals surface area (Å²) >= 11 is 0. The first-order valence-electron chi connectivity index (χ1n) is 6.29. The Morgan fingerprint density at radius 3 is 2.89 bits per heavy atom. The number of aromatic nitrogens is 2. The van der Waals surface area contributed by atoms with Crippen LogP contribution in [0.1, 0.15) is 31.7 Å². The molecule has 1 unspecified atom stereocenters. The van der Waals surface area contributed by atoms with Gasteiger partial charge in [-0.1, -0.05) is 0 Å². The van der Waals surface area contributed by atoms with Crippen molar-refractivity contribution in [3.05, 3.63) is 12.4 Å². The van der Waals surface area contributed by atoms with Gasteiger partial charge < -0.3 is 5.32 Å². The molecular weight excluding hydrogens is 248 g/mol. The predicted octanol–water partition coefficient (Wildman–Crippen LogP) is 0.209. The molecule has 1 aromatic heterocycles. The third kappa shape index (κ3) is 2.64. The van der Waals surface area contributed by atoms with Crippen LogP contribution in [0.2, 0.25) is 0 Å². The van der Waals surface area contributed by atoms with Crippen molar-refractivity contribution in [3.63, 3.8) is 0 Å². The van der Waals surface area contributed by atoms with Crippen LogP contribution in [0.4, 0.5) is 5.69 Å². The van der Waals surface area contributed by atoms with Gasteiger partial charge in [-0.05, 0) is 12.8 Å². The lowest BCUT2D eigenvalue weighted by Crippen LogP contribution is -2.24. The van der Waals surface area contributed by atoms with Gasteiger partial charge in [0.25, 0.3) is 0 Å². The van der Waals surface area contributed by atoms with Gasteiger partial charge in [0, 0.05) is 19.0 Å². The molecular formula is C12H14N4O3. The Hall–Kier alpha value is -2.18. The maximum absolute atomic E-state index is 11.8. The van der Waals surface area contributed by atoms with E-state index in [0.29, 0.717) is 11.7 Å². The molecule has 1 aliphatic carbocycles.